The van der Waals surface area contributed by atoms with Crippen LogP contribution in [0.4, 0.5) is 17.1 Å². The highest BCUT2D eigenvalue weighted by atomic mass is 32.2. The molecule has 1 aliphatic heterocycles. The Bertz CT molecular complexity index is 1230. The largest absolute Gasteiger partial charge is 0.494 e. The lowest BCUT2D eigenvalue weighted by Crippen LogP contribution is -2.32. The number of hydrogen-bond acceptors (Lipinski definition) is 6. The summed E-state index contributed by atoms with van der Waals surface area (Å²) in [6.45, 7) is 0. The number of nitrogens with one attached hydrogen (secondary N) is 3. The maximum absolute atomic E-state index is 12.8. The minimum atomic E-state index is -0.563. The molecule has 3 aromatic carbocycles. The van der Waals surface area contributed by atoms with Crippen molar-refractivity contribution in [2.24, 2.45) is 0 Å². The molecule has 9 heteroatoms. The minimum Gasteiger partial charge on any atom is -0.494 e. The number of rotatable bonds is 7. The highest BCUT2D eigenvalue weighted by Gasteiger charge is 2.29. The zero-order chi connectivity index (χ0) is 24.1. The van der Waals surface area contributed by atoms with Gasteiger partial charge in [0.2, 0.25) is 11.8 Å². The van der Waals surface area contributed by atoms with Crippen molar-refractivity contribution in [3.63, 3.8) is 0 Å². The fraction of sp³-hybridized carbons (Fsp3) is 0.160. The van der Waals surface area contributed by atoms with Crippen LogP contribution in [0, 0.1) is 0 Å². The van der Waals surface area contributed by atoms with Gasteiger partial charge in [-0.3, -0.25) is 14.4 Å². The number of amides is 3. The van der Waals surface area contributed by atoms with E-state index in [0.717, 1.165) is 10.6 Å². The summed E-state index contributed by atoms with van der Waals surface area (Å²) >= 11 is 1.35. The number of carbonyl (C=O) groups excluding carboxylic acids is 3. The number of fused-ring (bicyclic) bond motifs is 1. The summed E-state index contributed by atoms with van der Waals surface area (Å²) < 4.78 is 10.8. The molecule has 3 amide bonds. The van der Waals surface area contributed by atoms with Gasteiger partial charge in [-0.25, -0.2) is 0 Å². The smallest absolute Gasteiger partial charge is 0.255 e. The molecular formula is C25H23N3O5S. The van der Waals surface area contributed by atoms with Crippen LogP contribution in [0.15, 0.2) is 71.6 Å². The first kappa shape index (κ1) is 23.2. The Morgan fingerprint density at radius 3 is 2.21 bits per heavy atom. The lowest BCUT2D eigenvalue weighted by Gasteiger charge is -2.23. The summed E-state index contributed by atoms with van der Waals surface area (Å²) in [6, 6.07) is 19.4. The topological polar surface area (TPSA) is 106 Å². The second-order valence-corrected chi connectivity index (χ2v) is 8.66. The molecule has 1 atom stereocenters. The molecule has 8 nitrogen and oxygen atoms in total. The van der Waals surface area contributed by atoms with E-state index < -0.39 is 5.25 Å². The van der Waals surface area contributed by atoms with Crippen molar-refractivity contribution in [3.8, 4) is 11.5 Å². The summed E-state index contributed by atoms with van der Waals surface area (Å²) in [5, 5.41) is 7.86. The first-order valence-corrected chi connectivity index (χ1v) is 11.3. The standard InChI is InChI=1S/C25H23N3O5S/c1-32-19-13-18(28-24(30)15-8-4-3-5-9-15)20(33-2)12-17(19)26-23(29)14-22-25(31)27-16-10-6-7-11-21(16)34-22/h3-13,22H,14H2,1-2H3,(H,26,29)(H,27,31)(H,28,30)/t22-/m1/s1. The monoisotopic (exact) mass is 477 g/mol. The molecule has 0 spiro atoms. The SMILES string of the molecule is COc1cc(NC(=O)c2ccccc2)c(OC)cc1NC(=O)C[C@H]1Sc2ccccc2NC1=O. The number of ether oxygens (including phenoxy) is 2. The summed E-state index contributed by atoms with van der Waals surface area (Å²) in [6.07, 6.45) is -0.0250. The molecule has 3 N–H and O–H groups in total. The zero-order valence-electron chi connectivity index (χ0n) is 18.6. The number of thioether (sulfide) groups is 1. The van der Waals surface area contributed by atoms with E-state index in [2.05, 4.69) is 16.0 Å². The molecule has 1 heterocycles. The lowest BCUT2D eigenvalue weighted by molar-refractivity contribution is -0.120. The number of hydrogen-bond donors (Lipinski definition) is 3. The zero-order valence-corrected chi connectivity index (χ0v) is 19.4. The minimum absolute atomic E-state index is 0.0250. The van der Waals surface area contributed by atoms with E-state index in [0.29, 0.717) is 28.4 Å². The molecule has 4 rings (SSSR count). The van der Waals surface area contributed by atoms with E-state index in [1.54, 1.807) is 36.4 Å². The average Bonchev–Trinajstić information content (AvgIpc) is 2.85. The van der Waals surface area contributed by atoms with Crippen molar-refractivity contribution in [2.45, 2.75) is 16.6 Å². The molecule has 0 saturated carbocycles. The highest BCUT2D eigenvalue weighted by molar-refractivity contribution is 8.01. The molecule has 0 bridgehead atoms. The van der Waals surface area contributed by atoms with E-state index in [-0.39, 0.29) is 24.1 Å². The maximum Gasteiger partial charge on any atom is 0.255 e. The van der Waals surface area contributed by atoms with Crippen LogP contribution < -0.4 is 25.4 Å². The molecule has 0 radical (unpaired) electrons. The number of anilines is 3. The molecule has 34 heavy (non-hydrogen) atoms. The van der Waals surface area contributed by atoms with Crippen LogP contribution in [-0.2, 0) is 9.59 Å². The summed E-state index contributed by atoms with van der Waals surface area (Å²) in [5.74, 6) is -0.197. The van der Waals surface area contributed by atoms with E-state index in [1.807, 2.05) is 30.3 Å². The van der Waals surface area contributed by atoms with Gasteiger partial charge in [0.25, 0.3) is 5.91 Å². The first-order valence-electron chi connectivity index (χ1n) is 10.5. The fourth-order valence-corrected chi connectivity index (χ4v) is 4.58. The van der Waals surface area contributed by atoms with E-state index in [4.69, 9.17) is 9.47 Å². The van der Waals surface area contributed by atoms with Crippen LogP contribution in [-0.4, -0.2) is 37.2 Å². The second-order valence-electron chi connectivity index (χ2n) is 7.42. The maximum atomic E-state index is 12.8. The van der Waals surface area contributed by atoms with Crippen molar-refractivity contribution < 1.29 is 23.9 Å². The number of para-hydroxylation sites is 1. The third kappa shape index (κ3) is 5.15. The Labute approximate surface area is 201 Å². The van der Waals surface area contributed by atoms with Gasteiger partial charge in [0.1, 0.15) is 11.5 Å². The van der Waals surface area contributed by atoms with Crippen molar-refractivity contribution in [1.82, 2.24) is 0 Å². The molecule has 1 aliphatic rings. The second kappa shape index (κ2) is 10.3. The van der Waals surface area contributed by atoms with Gasteiger partial charge >= 0.3 is 0 Å². The van der Waals surface area contributed by atoms with Gasteiger partial charge in [-0.1, -0.05) is 30.3 Å². The molecule has 0 fully saturated rings. The van der Waals surface area contributed by atoms with Crippen LogP contribution in [0.3, 0.4) is 0 Å². The van der Waals surface area contributed by atoms with Crippen molar-refractivity contribution in [3.05, 3.63) is 72.3 Å². The normalized spacial score (nSPS) is 14.4. The van der Waals surface area contributed by atoms with Crippen molar-refractivity contribution in [2.75, 3.05) is 30.2 Å². The third-order valence-corrected chi connectivity index (χ3v) is 6.43. The molecule has 3 aromatic rings. The van der Waals surface area contributed by atoms with Gasteiger partial charge in [-0.05, 0) is 24.3 Å². The molecule has 0 unspecified atom stereocenters. The Kier molecular flexibility index (Phi) is 7.03. The Morgan fingerprint density at radius 2 is 1.53 bits per heavy atom. The molecule has 174 valence electrons. The van der Waals surface area contributed by atoms with E-state index >= 15 is 0 Å². The summed E-state index contributed by atoms with van der Waals surface area (Å²) in [7, 11) is 2.92. The van der Waals surface area contributed by atoms with Gasteiger partial charge in [0.05, 0.1) is 36.5 Å². The predicted octanol–water partition coefficient (Wildman–Crippen LogP) is 4.40. The van der Waals surface area contributed by atoms with Crippen LogP contribution in [0.25, 0.3) is 0 Å². The fourth-order valence-electron chi connectivity index (χ4n) is 3.47. The van der Waals surface area contributed by atoms with Crippen LogP contribution in [0.5, 0.6) is 11.5 Å². The van der Waals surface area contributed by atoms with Gasteiger partial charge in [-0.15, -0.1) is 11.8 Å². The molecule has 0 saturated heterocycles. The van der Waals surface area contributed by atoms with E-state index in [1.165, 1.54) is 26.0 Å². The number of methoxy groups -OCH3 is 2. The number of carbonyl (C=O) groups is 3. The average molecular weight is 478 g/mol. The molecular weight excluding hydrogens is 454 g/mol. The van der Waals surface area contributed by atoms with Gasteiger partial charge in [0, 0.05) is 29.0 Å². The quantitative estimate of drug-likeness (QED) is 0.466. The van der Waals surface area contributed by atoms with Crippen molar-refractivity contribution in [1.29, 1.82) is 0 Å². The van der Waals surface area contributed by atoms with Crippen LogP contribution in [0.1, 0.15) is 16.8 Å². The van der Waals surface area contributed by atoms with Crippen molar-refractivity contribution >= 4 is 46.5 Å². The Hall–Kier alpha value is -3.98. The molecule has 0 aromatic heterocycles. The summed E-state index contributed by atoms with van der Waals surface area (Å²) in [5.41, 5.74) is 1.99. The third-order valence-electron chi connectivity index (χ3n) is 5.16. The Balaban J connectivity index is 1.49. The predicted molar refractivity (Wildman–Crippen MR) is 132 cm³/mol. The first-order chi connectivity index (χ1) is 16.5. The van der Waals surface area contributed by atoms with E-state index in [9.17, 15) is 14.4 Å². The van der Waals surface area contributed by atoms with Crippen LogP contribution >= 0.6 is 11.8 Å². The van der Waals surface area contributed by atoms with Gasteiger partial charge < -0.3 is 25.4 Å². The van der Waals surface area contributed by atoms with Gasteiger partial charge in [0.15, 0.2) is 0 Å². The number of benzene rings is 3. The lowest BCUT2D eigenvalue weighted by atomic mass is 10.2. The van der Waals surface area contributed by atoms with Crippen LogP contribution in [0.2, 0.25) is 0 Å². The van der Waals surface area contributed by atoms with Gasteiger partial charge in [-0.2, -0.15) is 0 Å². The highest BCUT2D eigenvalue weighted by Crippen LogP contribution is 2.39. The molecule has 0 aliphatic carbocycles. The Morgan fingerprint density at radius 1 is 0.912 bits per heavy atom. The summed E-state index contributed by atoms with van der Waals surface area (Å²) in [4.78, 5) is 38.7.